The highest BCUT2D eigenvalue weighted by Crippen LogP contribution is 2.68. The highest BCUT2D eigenvalue weighted by Gasteiger charge is 2.64. The van der Waals surface area contributed by atoms with Gasteiger partial charge in [0.2, 0.25) is 0 Å². The van der Waals surface area contributed by atoms with Gasteiger partial charge in [-0.2, -0.15) is 0 Å². The molecule has 1 aliphatic rings. The Morgan fingerprint density at radius 3 is 2.37 bits per heavy atom. The topological polar surface area (TPSA) is 63.8 Å². The van der Waals surface area contributed by atoms with Gasteiger partial charge in [0.15, 0.2) is 0 Å². The minimum absolute atomic E-state index is 0.392. The van der Waals surface area contributed by atoms with Crippen molar-refractivity contribution >= 4 is 11.6 Å². The van der Waals surface area contributed by atoms with Crippen LogP contribution in [0.25, 0.3) is 0 Å². The van der Waals surface area contributed by atoms with E-state index in [1.807, 2.05) is 0 Å². The van der Waals surface area contributed by atoms with Crippen LogP contribution >= 0.6 is 0 Å². The summed E-state index contributed by atoms with van der Waals surface area (Å²) in [6.07, 6.45) is 3.51. The van der Waals surface area contributed by atoms with Crippen LogP contribution in [0.5, 0.6) is 0 Å². The van der Waals surface area contributed by atoms with Crippen LogP contribution in [0, 0.1) is 16.7 Å². The van der Waals surface area contributed by atoms with Crippen LogP contribution < -0.4 is 11.1 Å². The lowest BCUT2D eigenvalue weighted by atomic mass is 10.0. The van der Waals surface area contributed by atoms with E-state index in [0.717, 1.165) is 30.8 Å². The molecule has 1 aromatic rings. The molecule has 0 unspecified atom stereocenters. The van der Waals surface area contributed by atoms with Gasteiger partial charge in [-0.15, -0.1) is 0 Å². The third kappa shape index (κ3) is 2.28. The van der Waals surface area contributed by atoms with Gasteiger partial charge in [0, 0.05) is 12.1 Å². The van der Waals surface area contributed by atoms with E-state index in [1.165, 1.54) is 0 Å². The first-order chi connectivity index (χ1) is 8.82. The second-order valence-electron chi connectivity index (χ2n) is 6.71. The molecule has 3 N–H and O–H groups in total. The summed E-state index contributed by atoms with van der Waals surface area (Å²) in [7, 11) is 0. The van der Waals surface area contributed by atoms with Crippen LogP contribution in [0.2, 0.25) is 0 Å². The van der Waals surface area contributed by atoms with E-state index in [9.17, 15) is 0 Å². The highest BCUT2D eigenvalue weighted by atomic mass is 15.0. The molecule has 2 rings (SSSR count). The fourth-order valence-corrected chi connectivity index (χ4v) is 3.12. The van der Waals surface area contributed by atoms with Crippen molar-refractivity contribution in [1.82, 2.24) is 9.97 Å². The van der Waals surface area contributed by atoms with Gasteiger partial charge in [-0.05, 0) is 23.2 Å². The molecule has 0 atom stereocenters. The van der Waals surface area contributed by atoms with Gasteiger partial charge in [-0.3, -0.25) is 0 Å². The third-order valence-electron chi connectivity index (χ3n) is 5.27. The molecule has 1 saturated carbocycles. The van der Waals surface area contributed by atoms with Gasteiger partial charge in [-0.1, -0.05) is 41.0 Å². The van der Waals surface area contributed by atoms with Crippen LogP contribution in [0.3, 0.4) is 0 Å². The van der Waals surface area contributed by atoms with Crippen LogP contribution in [0.15, 0.2) is 6.33 Å². The average molecular weight is 262 g/mol. The molecule has 0 spiro atoms. The second kappa shape index (κ2) is 4.66. The van der Waals surface area contributed by atoms with Gasteiger partial charge in [0.05, 0.1) is 0 Å². The van der Waals surface area contributed by atoms with Crippen molar-refractivity contribution < 1.29 is 0 Å². The number of nitrogen functional groups attached to an aromatic ring is 1. The monoisotopic (exact) mass is 262 g/mol. The molecule has 4 nitrogen and oxygen atoms in total. The van der Waals surface area contributed by atoms with Crippen LogP contribution in [-0.2, 0) is 6.42 Å². The van der Waals surface area contributed by atoms with Gasteiger partial charge < -0.3 is 11.1 Å². The van der Waals surface area contributed by atoms with E-state index < -0.39 is 0 Å². The first-order valence-electron chi connectivity index (χ1n) is 7.15. The number of nitrogens with zero attached hydrogens (tertiary/aromatic N) is 2. The molecule has 19 heavy (non-hydrogen) atoms. The molecule has 0 bridgehead atoms. The normalized spacial score (nSPS) is 20.3. The van der Waals surface area contributed by atoms with E-state index >= 15 is 0 Å². The zero-order valence-corrected chi connectivity index (χ0v) is 12.7. The van der Waals surface area contributed by atoms with Crippen LogP contribution in [-0.4, -0.2) is 16.5 Å². The van der Waals surface area contributed by atoms with Crippen molar-refractivity contribution in [1.29, 1.82) is 0 Å². The lowest BCUT2D eigenvalue weighted by Crippen LogP contribution is -2.13. The largest absolute Gasteiger partial charge is 0.383 e. The van der Waals surface area contributed by atoms with Crippen LogP contribution in [0.4, 0.5) is 11.6 Å². The summed E-state index contributed by atoms with van der Waals surface area (Å²) in [5.74, 6) is 2.19. The lowest BCUT2D eigenvalue weighted by molar-refractivity contribution is 0.457. The maximum atomic E-state index is 5.94. The van der Waals surface area contributed by atoms with E-state index in [1.54, 1.807) is 6.33 Å². The predicted octanol–water partition coefficient (Wildman–Crippen LogP) is 3.11. The van der Waals surface area contributed by atoms with E-state index in [2.05, 4.69) is 49.9 Å². The van der Waals surface area contributed by atoms with E-state index in [0.29, 0.717) is 22.6 Å². The molecule has 4 heteroatoms. The number of rotatable bonds is 5. The molecule has 0 saturated heterocycles. The van der Waals surface area contributed by atoms with Crippen molar-refractivity contribution in [3.63, 3.8) is 0 Å². The number of hydrogen-bond acceptors (Lipinski definition) is 4. The predicted molar refractivity (Wildman–Crippen MR) is 80.0 cm³/mol. The summed E-state index contributed by atoms with van der Waals surface area (Å²) < 4.78 is 0. The summed E-state index contributed by atoms with van der Waals surface area (Å²) in [5.41, 5.74) is 7.79. The highest BCUT2D eigenvalue weighted by molar-refractivity contribution is 5.55. The number of anilines is 2. The first kappa shape index (κ1) is 14.1. The number of nitrogens with one attached hydrogen (secondary N) is 1. The minimum Gasteiger partial charge on any atom is -0.383 e. The van der Waals surface area contributed by atoms with Crippen molar-refractivity contribution in [3.8, 4) is 0 Å². The number of nitrogens with two attached hydrogens (primary N) is 1. The van der Waals surface area contributed by atoms with E-state index in [4.69, 9.17) is 5.73 Å². The van der Waals surface area contributed by atoms with Gasteiger partial charge in [-0.25, -0.2) is 9.97 Å². The summed E-state index contributed by atoms with van der Waals surface area (Å²) in [5, 5.41) is 3.48. The van der Waals surface area contributed by atoms with Crippen molar-refractivity contribution in [3.05, 3.63) is 11.9 Å². The Kier molecular flexibility index (Phi) is 3.45. The first-order valence-corrected chi connectivity index (χ1v) is 7.15. The molecule has 1 aliphatic carbocycles. The number of aromatic nitrogens is 2. The lowest BCUT2D eigenvalue weighted by Gasteiger charge is -2.12. The minimum atomic E-state index is 0.392. The van der Waals surface area contributed by atoms with Crippen LogP contribution in [0.1, 0.15) is 46.6 Å². The molecule has 106 valence electrons. The Morgan fingerprint density at radius 1 is 1.21 bits per heavy atom. The zero-order valence-electron chi connectivity index (χ0n) is 12.7. The Balaban J connectivity index is 2.07. The summed E-state index contributed by atoms with van der Waals surface area (Å²) in [4.78, 5) is 8.44. The zero-order chi connectivity index (χ0) is 14.3. The Morgan fingerprint density at radius 2 is 1.84 bits per heavy atom. The Hall–Kier alpha value is -1.32. The standard InChI is InChI=1S/C15H26N4/c1-6-7-10-12(16)18-9-19-13(10)17-8-11-14(2,3)15(11,4)5/h9,11H,6-8H2,1-5H3,(H3,16,17,18,19). The maximum Gasteiger partial charge on any atom is 0.134 e. The molecule has 1 aromatic heterocycles. The summed E-state index contributed by atoms with van der Waals surface area (Å²) in [6.45, 7) is 12.4. The smallest absolute Gasteiger partial charge is 0.134 e. The fraction of sp³-hybridized carbons (Fsp3) is 0.733. The van der Waals surface area contributed by atoms with Crippen molar-refractivity contribution in [2.24, 2.45) is 16.7 Å². The maximum absolute atomic E-state index is 5.94. The third-order valence-corrected chi connectivity index (χ3v) is 5.27. The molecule has 0 radical (unpaired) electrons. The number of hydrogen-bond donors (Lipinski definition) is 2. The quantitative estimate of drug-likeness (QED) is 0.856. The summed E-state index contributed by atoms with van der Waals surface area (Å²) >= 11 is 0. The SMILES string of the molecule is CCCc1c(N)ncnc1NCC1C(C)(C)C1(C)C. The van der Waals surface area contributed by atoms with E-state index in [-0.39, 0.29) is 0 Å². The molecule has 0 amide bonds. The average Bonchev–Trinajstić information content (AvgIpc) is 2.71. The molecular weight excluding hydrogens is 236 g/mol. The molecule has 1 fully saturated rings. The Labute approximate surface area is 116 Å². The van der Waals surface area contributed by atoms with Gasteiger partial charge in [0.25, 0.3) is 0 Å². The fourth-order valence-electron chi connectivity index (χ4n) is 3.12. The van der Waals surface area contributed by atoms with Gasteiger partial charge >= 0.3 is 0 Å². The van der Waals surface area contributed by atoms with Gasteiger partial charge in [0.1, 0.15) is 18.0 Å². The molecule has 0 aromatic carbocycles. The van der Waals surface area contributed by atoms with Crippen molar-refractivity contribution in [2.45, 2.75) is 47.5 Å². The molecular formula is C15H26N4. The summed E-state index contributed by atoms with van der Waals surface area (Å²) in [6, 6.07) is 0. The molecule has 0 aliphatic heterocycles. The van der Waals surface area contributed by atoms with Crippen molar-refractivity contribution in [2.75, 3.05) is 17.6 Å². The second-order valence-corrected chi connectivity index (χ2v) is 6.71. The molecule has 1 heterocycles. The Bertz CT molecular complexity index is 451.